The summed E-state index contributed by atoms with van der Waals surface area (Å²) >= 11 is 0. The first kappa shape index (κ1) is 26.3. The highest BCUT2D eigenvalue weighted by molar-refractivity contribution is 7.60. The van der Waals surface area contributed by atoms with Gasteiger partial charge in [0.05, 0.1) is 5.16 Å². The van der Waals surface area contributed by atoms with Gasteiger partial charge < -0.3 is 5.73 Å². The Hall–Kier alpha value is -1.27. The van der Waals surface area contributed by atoms with Crippen LogP contribution in [-0.4, -0.2) is 46.9 Å². The third-order valence-electron chi connectivity index (χ3n) is 9.60. The highest BCUT2D eigenvalue weighted by Gasteiger charge is 2.62. The molecule has 2 aromatic carbocycles. The topological polar surface area (TPSA) is 46.3 Å². The van der Waals surface area contributed by atoms with Crippen LogP contribution in [0.4, 0.5) is 0 Å². The first-order valence-electron chi connectivity index (χ1n) is 14.2. The van der Waals surface area contributed by atoms with E-state index < -0.39 is 10.7 Å². The molecule has 1 amide bonds. The van der Waals surface area contributed by atoms with Crippen molar-refractivity contribution in [3.8, 4) is 0 Å². The largest absolute Gasteiger partial charge is 0.368 e. The molecule has 1 heterocycles. The maximum Gasteiger partial charge on any atom is 0.239 e. The van der Waals surface area contributed by atoms with Crippen molar-refractivity contribution in [3.05, 3.63) is 71.8 Å². The first-order chi connectivity index (χ1) is 17.5. The predicted octanol–water partition coefficient (Wildman–Crippen LogP) is 6.88. The highest BCUT2D eigenvalue weighted by Crippen LogP contribution is 2.65. The highest BCUT2D eigenvalue weighted by atomic mass is 31.1. The minimum Gasteiger partial charge on any atom is -0.368 e. The molecular formula is C31H44N2OP2. The predicted molar refractivity (Wildman–Crippen MR) is 157 cm³/mol. The maximum absolute atomic E-state index is 13.8. The van der Waals surface area contributed by atoms with Gasteiger partial charge in [-0.05, 0) is 67.3 Å². The number of nitrogens with zero attached hydrogens (tertiary/aromatic N) is 1. The molecule has 2 aromatic rings. The summed E-state index contributed by atoms with van der Waals surface area (Å²) in [6.07, 6.45) is 14.8. The van der Waals surface area contributed by atoms with Gasteiger partial charge in [-0.1, -0.05) is 107 Å². The lowest BCUT2D eigenvalue weighted by molar-refractivity contribution is -0.129. The summed E-state index contributed by atoms with van der Waals surface area (Å²) in [6.45, 7) is 0.984. The number of carbonyl (C=O) groups is 1. The van der Waals surface area contributed by atoms with Crippen molar-refractivity contribution in [3.63, 3.8) is 0 Å². The standard InChI is InChI=1S/C31H44N2OP2/c1-33-23-28(36(26-18-10-4-11-19-26)27-20-12-5-13-21-27)22-30(33,29(32)34)31(35,24-14-6-2-7-15-24)25-16-8-3-9-17-25/h2-3,6-9,14-17,26-28H,4-5,10-13,18-23,35H2,1H3,(H2,32,34)/t28-,30-/m1/s1. The van der Waals surface area contributed by atoms with Gasteiger partial charge >= 0.3 is 0 Å². The minimum atomic E-state index is -0.783. The quantitative estimate of drug-likeness (QED) is 0.403. The lowest BCUT2D eigenvalue weighted by atomic mass is 9.71. The Balaban J connectivity index is 1.60. The molecule has 3 nitrogen and oxygen atoms in total. The molecular weight excluding hydrogens is 478 g/mol. The van der Waals surface area contributed by atoms with Gasteiger partial charge in [0.25, 0.3) is 0 Å². The monoisotopic (exact) mass is 522 g/mol. The van der Waals surface area contributed by atoms with Crippen LogP contribution in [0.5, 0.6) is 0 Å². The van der Waals surface area contributed by atoms with E-state index in [4.69, 9.17) is 5.73 Å². The number of primary amides is 1. The number of hydrogen-bond acceptors (Lipinski definition) is 2. The number of nitrogens with two attached hydrogens (primary N) is 1. The van der Waals surface area contributed by atoms with E-state index in [-0.39, 0.29) is 13.8 Å². The maximum atomic E-state index is 13.8. The van der Waals surface area contributed by atoms with E-state index in [1.807, 2.05) is 0 Å². The third-order valence-corrected chi connectivity index (χ3v) is 14.7. The zero-order chi connectivity index (χ0) is 25.2. The summed E-state index contributed by atoms with van der Waals surface area (Å²) in [6, 6.07) is 21.2. The van der Waals surface area contributed by atoms with Crippen LogP contribution in [0.15, 0.2) is 60.7 Å². The molecule has 194 valence electrons. The lowest BCUT2D eigenvalue weighted by Crippen LogP contribution is -2.63. The van der Waals surface area contributed by atoms with Gasteiger partial charge in [-0.3, -0.25) is 9.69 Å². The summed E-state index contributed by atoms with van der Waals surface area (Å²) in [5.41, 5.74) is 10.3. The molecule has 2 aliphatic carbocycles. The molecule has 2 saturated carbocycles. The van der Waals surface area contributed by atoms with Gasteiger partial charge in [0.15, 0.2) is 0 Å². The van der Waals surface area contributed by atoms with E-state index >= 15 is 0 Å². The average molecular weight is 523 g/mol. The first-order valence-corrected chi connectivity index (χ1v) is 16.3. The molecule has 1 unspecified atom stereocenters. The van der Waals surface area contributed by atoms with Gasteiger partial charge in [-0.2, -0.15) is 0 Å². The van der Waals surface area contributed by atoms with Crippen LogP contribution in [0.2, 0.25) is 0 Å². The Morgan fingerprint density at radius 3 is 1.69 bits per heavy atom. The minimum absolute atomic E-state index is 0.152. The van der Waals surface area contributed by atoms with Crippen LogP contribution in [-0.2, 0) is 9.95 Å². The molecule has 0 spiro atoms. The van der Waals surface area contributed by atoms with Crippen LogP contribution in [0.1, 0.15) is 81.8 Å². The van der Waals surface area contributed by atoms with E-state index in [0.717, 1.165) is 35.4 Å². The fourth-order valence-corrected chi connectivity index (χ4v) is 13.4. The SMILES string of the molecule is CN1C[C@H](P(C2CCCCC2)C2CCCCC2)C[C@@]1(C(N)=O)C(P)(c1ccccc1)c1ccccc1. The Bertz CT molecular complexity index is 946. The number of hydrogen-bond donors (Lipinski definition) is 1. The molecule has 1 saturated heterocycles. The summed E-state index contributed by atoms with van der Waals surface area (Å²) < 4.78 is 0. The number of amides is 1. The van der Waals surface area contributed by atoms with E-state index in [1.54, 1.807) is 0 Å². The molecule has 0 bridgehead atoms. The Labute approximate surface area is 221 Å². The van der Waals surface area contributed by atoms with E-state index in [1.165, 1.54) is 64.2 Å². The average Bonchev–Trinajstić information content (AvgIpc) is 3.28. The van der Waals surface area contributed by atoms with E-state index in [9.17, 15) is 4.79 Å². The molecule has 5 rings (SSSR count). The molecule has 2 N–H and O–H groups in total. The zero-order valence-corrected chi connectivity index (χ0v) is 24.0. The Morgan fingerprint density at radius 2 is 1.28 bits per heavy atom. The molecule has 3 fully saturated rings. The van der Waals surface area contributed by atoms with Gasteiger partial charge in [0.1, 0.15) is 5.54 Å². The van der Waals surface area contributed by atoms with Crippen molar-refractivity contribution in [1.82, 2.24) is 4.90 Å². The van der Waals surface area contributed by atoms with Crippen molar-refractivity contribution in [1.29, 1.82) is 0 Å². The fraction of sp³-hybridized carbons (Fsp3) is 0.581. The van der Waals surface area contributed by atoms with Crippen molar-refractivity contribution in [2.75, 3.05) is 13.6 Å². The number of likely N-dealkylation sites (tertiary alicyclic amines) is 1. The summed E-state index contributed by atoms with van der Waals surface area (Å²) in [4.78, 5) is 16.2. The summed E-state index contributed by atoms with van der Waals surface area (Å²) in [7, 11) is 5.18. The van der Waals surface area contributed by atoms with Crippen molar-refractivity contribution < 1.29 is 4.79 Å². The zero-order valence-electron chi connectivity index (χ0n) is 21.9. The summed E-state index contributed by atoms with van der Waals surface area (Å²) in [5, 5.41) is -0.606. The second-order valence-electron chi connectivity index (χ2n) is 11.5. The van der Waals surface area contributed by atoms with Crippen LogP contribution < -0.4 is 5.73 Å². The second kappa shape index (κ2) is 11.2. The van der Waals surface area contributed by atoms with E-state index in [2.05, 4.69) is 81.9 Å². The molecule has 0 radical (unpaired) electrons. The molecule has 36 heavy (non-hydrogen) atoms. The second-order valence-corrected chi connectivity index (χ2v) is 15.5. The van der Waals surface area contributed by atoms with Crippen LogP contribution >= 0.6 is 17.2 Å². The van der Waals surface area contributed by atoms with Gasteiger partial charge in [0.2, 0.25) is 5.91 Å². The number of likely N-dealkylation sites (N-methyl/N-ethyl adjacent to an activating group) is 1. The molecule has 0 aromatic heterocycles. The van der Waals surface area contributed by atoms with Crippen LogP contribution in [0.3, 0.4) is 0 Å². The molecule has 3 aliphatic rings. The van der Waals surface area contributed by atoms with Crippen molar-refractivity contribution in [2.45, 2.75) is 98.3 Å². The number of benzene rings is 2. The number of carbonyl (C=O) groups excluding carboxylic acids is 1. The summed E-state index contributed by atoms with van der Waals surface area (Å²) in [5.74, 6) is -0.183. The molecule has 1 aliphatic heterocycles. The van der Waals surface area contributed by atoms with Crippen molar-refractivity contribution >= 4 is 23.1 Å². The van der Waals surface area contributed by atoms with Crippen LogP contribution in [0, 0.1) is 0 Å². The smallest absolute Gasteiger partial charge is 0.239 e. The number of rotatable bonds is 7. The lowest BCUT2D eigenvalue weighted by Gasteiger charge is -2.49. The third kappa shape index (κ3) is 4.59. The van der Waals surface area contributed by atoms with Gasteiger partial charge in [-0.25, -0.2) is 0 Å². The fourth-order valence-electron chi connectivity index (χ4n) is 7.88. The molecule has 5 heteroatoms. The molecule has 3 atom stereocenters. The van der Waals surface area contributed by atoms with Crippen LogP contribution in [0.25, 0.3) is 0 Å². The Morgan fingerprint density at radius 1 is 0.833 bits per heavy atom. The van der Waals surface area contributed by atoms with E-state index in [0.29, 0.717) is 5.66 Å². The van der Waals surface area contributed by atoms with Gasteiger partial charge in [-0.15, -0.1) is 9.24 Å². The Kier molecular flexibility index (Phi) is 8.22. The normalized spacial score (nSPS) is 26.9. The van der Waals surface area contributed by atoms with Gasteiger partial charge in [0, 0.05) is 6.54 Å². The van der Waals surface area contributed by atoms with Crippen molar-refractivity contribution in [2.24, 2.45) is 5.73 Å².